The third kappa shape index (κ3) is 3.30. The van der Waals surface area contributed by atoms with Gasteiger partial charge in [0.25, 0.3) is 0 Å². The van der Waals surface area contributed by atoms with E-state index in [0.717, 1.165) is 10.0 Å². The van der Waals surface area contributed by atoms with E-state index in [-0.39, 0.29) is 6.61 Å². The van der Waals surface area contributed by atoms with E-state index < -0.39 is 11.9 Å². The fourth-order valence-electron chi connectivity index (χ4n) is 0.972. The lowest BCUT2D eigenvalue weighted by Gasteiger charge is -2.05. The third-order valence-electron chi connectivity index (χ3n) is 1.75. The van der Waals surface area contributed by atoms with Gasteiger partial charge < -0.3 is 10.1 Å². The number of hydrogen-bond donors (Lipinski definition) is 1. The number of rotatable bonds is 2. The highest BCUT2D eigenvalue weighted by molar-refractivity contribution is 9.10. The first-order valence-corrected chi connectivity index (χ1v) is 5.44. The zero-order valence-corrected chi connectivity index (χ0v) is 10.5. The number of aromatic nitrogens is 1. The van der Waals surface area contributed by atoms with Gasteiger partial charge in [-0.15, -0.1) is 0 Å². The zero-order valence-electron chi connectivity index (χ0n) is 8.91. The fourth-order valence-corrected chi connectivity index (χ4v) is 1.19. The number of hydrogen-bond acceptors (Lipinski definition) is 4. The Bertz CT molecular complexity index is 421. The molecule has 0 saturated heterocycles. The van der Waals surface area contributed by atoms with Crippen LogP contribution in [-0.2, 0) is 14.3 Å². The van der Waals surface area contributed by atoms with Gasteiger partial charge in [0.15, 0.2) is 0 Å². The molecule has 1 aromatic rings. The maximum atomic E-state index is 11.3. The minimum Gasteiger partial charge on any atom is -0.459 e. The maximum Gasteiger partial charge on any atom is 0.397 e. The van der Waals surface area contributed by atoms with Crippen LogP contribution in [-0.4, -0.2) is 23.5 Å². The van der Waals surface area contributed by atoms with Crippen LogP contribution < -0.4 is 5.32 Å². The van der Waals surface area contributed by atoms with Crippen molar-refractivity contribution in [2.45, 2.75) is 13.8 Å². The number of carbonyl (C=O) groups is 2. The van der Waals surface area contributed by atoms with E-state index in [1.165, 1.54) is 0 Å². The second kappa shape index (κ2) is 5.60. The van der Waals surface area contributed by atoms with Crippen molar-refractivity contribution in [2.75, 3.05) is 11.9 Å². The fraction of sp³-hybridized carbons (Fsp3) is 0.300. The zero-order chi connectivity index (χ0) is 12.1. The van der Waals surface area contributed by atoms with Gasteiger partial charge in [-0.1, -0.05) is 0 Å². The van der Waals surface area contributed by atoms with Gasteiger partial charge in [-0.2, -0.15) is 0 Å². The average molecular weight is 287 g/mol. The van der Waals surface area contributed by atoms with Crippen LogP contribution in [0.15, 0.2) is 16.7 Å². The number of aryl methyl sites for hydroxylation is 1. The molecule has 6 heteroatoms. The Morgan fingerprint density at radius 3 is 2.81 bits per heavy atom. The molecule has 0 bridgehead atoms. The molecule has 86 valence electrons. The highest BCUT2D eigenvalue weighted by Crippen LogP contribution is 2.17. The molecule has 0 spiro atoms. The summed E-state index contributed by atoms with van der Waals surface area (Å²) >= 11 is 3.28. The van der Waals surface area contributed by atoms with E-state index in [4.69, 9.17) is 0 Å². The van der Waals surface area contributed by atoms with Crippen LogP contribution in [0.2, 0.25) is 0 Å². The molecule has 0 atom stereocenters. The largest absolute Gasteiger partial charge is 0.459 e. The van der Waals surface area contributed by atoms with Crippen LogP contribution in [0.4, 0.5) is 5.82 Å². The lowest BCUT2D eigenvalue weighted by Crippen LogP contribution is -2.25. The molecule has 0 radical (unpaired) electrons. The van der Waals surface area contributed by atoms with Crippen LogP contribution in [0, 0.1) is 6.92 Å². The summed E-state index contributed by atoms with van der Waals surface area (Å²) in [6, 6.07) is 1.65. The lowest BCUT2D eigenvalue weighted by atomic mass is 10.3. The summed E-state index contributed by atoms with van der Waals surface area (Å²) in [7, 11) is 0. The van der Waals surface area contributed by atoms with E-state index in [1.807, 2.05) is 6.92 Å². The van der Waals surface area contributed by atoms with Crippen molar-refractivity contribution in [3.8, 4) is 0 Å². The molecule has 0 aliphatic heterocycles. The molecule has 1 N–H and O–H groups in total. The molecule has 16 heavy (non-hydrogen) atoms. The predicted molar refractivity (Wildman–Crippen MR) is 61.9 cm³/mol. The Labute approximate surface area is 101 Å². The normalized spacial score (nSPS) is 9.69. The van der Waals surface area contributed by atoms with E-state index in [9.17, 15) is 9.59 Å². The van der Waals surface area contributed by atoms with Gasteiger partial charge in [0.2, 0.25) is 0 Å². The summed E-state index contributed by atoms with van der Waals surface area (Å²) < 4.78 is 5.38. The second-order valence-electron chi connectivity index (χ2n) is 2.99. The van der Waals surface area contributed by atoms with Gasteiger partial charge in [0, 0.05) is 10.7 Å². The standard InChI is InChI=1S/C10H11BrN2O3/c1-3-16-10(15)9(14)13-8-4-6(2)7(11)5-12-8/h4-5H,3H2,1-2H3,(H,12,13,14). The van der Waals surface area contributed by atoms with E-state index >= 15 is 0 Å². The van der Waals surface area contributed by atoms with Crippen molar-refractivity contribution in [2.24, 2.45) is 0 Å². The molecular formula is C10H11BrN2O3. The number of amides is 1. The van der Waals surface area contributed by atoms with Gasteiger partial charge in [-0.3, -0.25) is 4.79 Å². The summed E-state index contributed by atoms with van der Waals surface area (Å²) in [4.78, 5) is 26.2. The molecule has 0 aliphatic rings. The van der Waals surface area contributed by atoms with Gasteiger partial charge in [-0.25, -0.2) is 9.78 Å². The number of nitrogens with one attached hydrogen (secondary N) is 1. The number of halogens is 1. The Balaban J connectivity index is 2.70. The molecule has 1 amide bonds. The first-order valence-electron chi connectivity index (χ1n) is 4.64. The smallest absolute Gasteiger partial charge is 0.397 e. The van der Waals surface area contributed by atoms with Crippen LogP contribution in [0.1, 0.15) is 12.5 Å². The van der Waals surface area contributed by atoms with Gasteiger partial charge in [0.1, 0.15) is 5.82 Å². The van der Waals surface area contributed by atoms with Crippen molar-refractivity contribution in [1.29, 1.82) is 0 Å². The summed E-state index contributed by atoms with van der Waals surface area (Å²) in [6.45, 7) is 3.65. The molecule has 0 saturated carbocycles. The van der Waals surface area contributed by atoms with E-state index in [0.29, 0.717) is 5.82 Å². The molecule has 1 rings (SSSR count). The monoisotopic (exact) mass is 286 g/mol. The minimum atomic E-state index is -0.912. The van der Waals surface area contributed by atoms with Crippen molar-refractivity contribution >= 4 is 33.6 Å². The average Bonchev–Trinajstić information content (AvgIpc) is 2.24. The highest BCUT2D eigenvalue weighted by Gasteiger charge is 2.15. The van der Waals surface area contributed by atoms with Crippen LogP contribution in [0.3, 0.4) is 0 Å². The lowest BCUT2D eigenvalue weighted by molar-refractivity contribution is -0.152. The molecular weight excluding hydrogens is 276 g/mol. The van der Waals surface area contributed by atoms with Crippen molar-refractivity contribution in [1.82, 2.24) is 4.98 Å². The molecule has 0 unspecified atom stereocenters. The number of ether oxygens (including phenoxy) is 1. The Morgan fingerprint density at radius 1 is 1.56 bits per heavy atom. The van der Waals surface area contributed by atoms with Crippen LogP contribution >= 0.6 is 15.9 Å². The summed E-state index contributed by atoms with van der Waals surface area (Å²) in [5, 5.41) is 2.35. The van der Waals surface area contributed by atoms with E-state index in [1.54, 1.807) is 19.2 Å². The quantitative estimate of drug-likeness (QED) is 0.663. The molecule has 1 aromatic heterocycles. The SMILES string of the molecule is CCOC(=O)C(=O)Nc1cc(C)c(Br)cn1. The number of pyridine rings is 1. The number of anilines is 1. The Morgan fingerprint density at radius 2 is 2.25 bits per heavy atom. The highest BCUT2D eigenvalue weighted by atomic mass is 79.9. The minimum absolute atomic E-state index is 0.166. The molecule has 5 nitrogen and oxygen atoms in total. The van der Waals surface area contributed by atoms with Crippen LogP contribution in [0.5, 0.6) is 0 Å². The summed E-state index contributed by atoms with van der Waals surface area (Å²) in [6.07, 6.45) is 1.55. The van der Waals surface area contributed by atoms with Gasteiger partial charge >= 0.3 is 11.9 Å². The molecule has 1 heterocycles. The Kier molecular flexibility index (Phi) is 4.42. The van der Waals surface area contributed by atoms with Gasteiger partial charge in [0.05, 0.1) is 6.61 Å². The van der Waals surface area contributed by atoms with Crippen molar-refractivity contribution < 1.29 is 14.3 Å². The number of esters is 1. The second-order valence-corrected chi connectivity index (χ2v) is 3.85. The third-order valence-corrected chi connectivity index (χ3v) is 2.58. The molecule has 0 fully saturated rings. The first kappa shape index (κ1) is 12.6. The van der Waals surface area contributed by atoms with Gasteiger partial charge in [-0.05, 0) is 41.4 Å². The topological polar surface area (TPSA) is 68.3 Å². The molecule has 0 aliphatic carbocycles. The Hall–Kier alpha value is -1.43. The van der Waals surface area contributed by atoms with Crippen molar-refractivity contribution in [3.63, 3.8) is 0 Å². The number of nitrogens with zero attached hydrogens (tertiary/aromatic N) is 1. The summed E-state index contributed by atoms with van der Waals surface area (Å²) in [5.74, 6) is -1.42. The first-order chi connectivity index (χ1) is 7.54. The summed E-state index contributed by atoms with van der Waals surface area (Å²) in [5.41, 5.74) is 0.911. The van der Waals surface area contributed by atoms with E-state index in [2.05, 4.69) is 31.0 Å². The van der Waals surface area contributed by atoms with Crippen LogP contribution in [0.25, 0.3) is 0 Å². The predicted octanol–water partition coefficient (Wildman–Crippen LogP) is 1.65. The molecule has 0 aromatic carbocycles. The van der Waals surface area contributed by atoms with Crippen molar-refractivity contribution in [3.05, 3.63) is 22.3 Å². The maximum absolute atomic E-state index is 11.3. The number of carbonyl (C=O) groups excluding carboxylic acids is 2.